The Bertz CT molecular complexity index is 1310. The Morgan fingerprint density at radius 3 is 2.84 bits per heavy atom. The number of rotatable bonds is 7. The largest absolute Gasteiger partial charge is 0.485 e. The minimum atomic E-state index is -0.562. The van der Waals surface area contributed by atoms with Crippen molar-refractivity contribution in [1.29, 1.82) is 0 Å². The van der Waals surface area contributed by atoms with Crippen LogP contribution in [-0.4, -0.2) is 21.9 Å². The summed E-state index contributed by atoms with van der Waals surface area (Å²) >= 11 is 7.38. The van der Waals surface area contributed by atoms with Crippen LogP contribution in [0.1, 0.15) is 5.69 Å². The van der Waals surface area contributed by atoms with Gasteiger partial charge in [-0.05, 0) is 30.3 Å². The monoisotopic (exact) mass is 459 g/mol. The predicted octanol–water partition coefficient (Wildman–Crippen LogP) is 4.15. The van der Waals surface area contributed by atoms with Crippen LogP contribution in [0.5, 0.6) is 11.5 Å². The molecule has 0 aliphatic rings. The predicted molar refractivity (Wildman–Crippen MR) is 116 cm³/mol. The summed E-state index contributed by atoms with van der Waals surface area (Å²) in [6.07, 6.45) is 1.65. The zero-order chi connectivity index (χ0) is 21.8. The lowest BCUT2D eigenvalue weighted by Crippen LogP contribution is -2.21. The van der Waals surface area contributed by atoms with Gasteiger partial charge in [0.15, 0.2) is 23.1 Å². The topological polar surface area (TPSA) is 81.9 Å². The van der Waals surface area contributed by atoms with Crippen molar-refractivity contribution in [2.75, 3.05) is 11.9 Å². The van der Waals surface area contributed by atoms with Crippen molar-refractivity contribution in [1.82, 2.24) is 9.38 Å². The van der Waals surface area contributed by atoms with Crippen molar-refractivity contribution in [2.45, 2.75) is 6.61 Å². The molecular formula is C21H15ClFN3O4S. The van der Waals surface area contributed by atoms with E-state index in [4.69, 9.17) is 21.1 Å². The van der Waals surface area contributed by atoms with Crippen LogP contribution < -0.4 is 20.3 Å². The first-order valence-electron chi connectivity index (χ1n) is 9.05. The number of thiazole rings is 1. The number of halogens is 2. The van der Waals surface area contributed by atoms with E-state index in [9.17, 15) is 14.0 Å². The van der Waals surface area contributed by atoms with Crippen LogP contribution in [0.15, 0.2) is 64.9 Å². The van der Waals surface area contributed by atoms with Crippen LogP contribution in [0.25, 0.3) is 4.96 Å². The molecule has 4 aromatic rings. The average Bonchev–Trinajstić information content (AvgIpc) is 3.22. The molecule has 158 valence electrons. The zero-order valence-corrected chi connectivity index (χ0v) is 17.5. The van der Waals surface area contributed by atoms with Gasteiger partial charge >= 0.3 is 0 Å². The summed E-state index contributed by atoms with van der Waals surface area (Å²) in [4.78, 5) is 29.3. The number of ether oxygens (including phenoxy) is 2. The maximum absolute atomic E-state index is 13.6. The first kappa shape index (κ1) is 20.8. The summed E-state index contributed by atoms with van der Waals surface area (Å²) in [7, 11) is 0. The maximum Gasteiger partial charge on any atom is 0.262 e. The SMILES string of the molecule is O=C(COc1ccccc1F)Nc1cc(Cl)ccc1OCc1cc(=O)n2ccsc2n1. The van der Waals surface area contributed by atoms with Crippen molar-refractivity contribution in [3.8, 4) is 11.5 Å². The Kier molecular flexibility index (Phi) is 6.15. The molecule has 31 heavy (non-hydrogen) atoms. The molecule has 2 aromatic heterocycles. The fourth-order valence-corrected chi connectivity index (χ4v) is 3.64. The molecule has 10 heteroatoms. The molecule has 2 aromatic carbocycles. The number of fused-ring (bicyclic) bond motifs is 1. The molecule has 7 nitrogen and oxygen atoms in total. The summed E-state index contributed by atoms with van der Waals surface area (Å²) in [5.74, 6) is -0.779. The highest BCUT2D eigenvalue weighted by Crippen LogP contribution is 2.29. The van der Waals surface area contributed by atoms with Crippen LogP contribution in [0.3, 0.4) is 0 Å². The number of nitrogens with zero attached hydrogens (tertiary/aromatic N) is 2. The second-order valence-corrected chi connectivity index (χ2v) is 7.65. The van der Waals surface area contributed by atoms with Gasteiger partial charge in [-0.3, -0.25) is 14.0 Å². The molecule has 4 rings (SSSR count). The van der Waals surface area contributed by atoms with E-state index < -0.39 is 18.3 Å². The molecule has 0 aliphatic heterocycles. The first-order valence-corrected chi connectivity index (χ1v) is 10.3. The lowest BCUT2D eigenvalue weighted by atomic mass is 10.3. The van der Waals surface area contributed by atoms with Gasteiger partial charge in [-0.2, -0.15) is 0 Å². The van der Waals surface area contributed by atoms with Crippen LogP contribution in [0.2, 0.25) is 5.02 Å². The first-order chi connectivity index (χ1) is 15.0. The third-order valence-electron chi connectivity index (χ3n) is 4.14. The highest BCUT2D eigenvalue weighted by atomic mass is 35.5. The minimum absolute atomic E-state index is 0.0138. The van der Waals surface area contributed by atoms with Crippen molar-refractivity contribution in [3.05, 3.63) is 87.0 Å². The number of carbonyl (C=O) groups excluding carboxylic acids is 1. The smallest absolute Gasteiger partial charge is 0.262 e. The van der Waals surface area contributed by atoms with Gasteiger partial charge in [0.1, 0.15) is 12.4 Å². The number of hydrogen-bond donors (Lipinski definition) is 1. The Balaban J connectivity index is 1.44. The van der Waals surface area contributed by atoms with Crippen LogP contribution >= 0.6 is 22.9 Å². The molecule has 0 spiro atoms. The maximum atomic E-state index is 13.6. The Hall–Kier alpha value is -3.43. The third kappa shape index (κ3) is 5.01. The Labute approximate surface area is 184 Å². The summed E-state index contributed by atoms with van der Waals surface area (Å²) in [5, 5.41) is 4.79. The molecule has 0 fully saturated rings. The third-order valence-corrected chi connectivity index (χ3v) is 5.13. The van der Waals surface area contributed by atoms with E-state index in [2.05, 4.69) is 10.3 Å². The van der Waals surface area contributed by atoms with E-state index in [0.29, 0.717) is 27.1 Å². The van der Waals surface area contributed by atoms with Crippen LogP contribution in [0, 0.1) is 5.82 Å². The van der Waals surface area contributed by atoms with Gasteiger partial charge in [0.25, 0.3) is 11.5 Å². The fourth-order valence-electron chi connectivity index (χ4n) is 2.73. The molecule has 0 aliphatic carbocycles. The van der Waals surface area contributed by atoms with E-state index >= 15 is 0 Å². The molecule has 1 amide bonds. The number of carbonyl (C=O) groups is 1. The van der Waals surface area contributed by atoms with Gasteiger partial charge in [-0.1, -0.05) is 23.7 Å². The van der Waals surface area contributed by atoms with Crippen molar-refractivity contribution >= 4 is 39.5 Å². The summed E-state index contributed by atoms with van der Waals surface area (Å²) < 4.78 is 26.0. The molecule has 0 saturated carbocycles. The van der Waals surface area contributed by atoms with Crippen LogP contribution in [0.4, 0.5) is 10.1 Å². The van der Waals surface area contributed by atoms with Crippen LogP contribution in [-0.2, 0) is 11.4 Å². The van der Waals surface area contributed by atoms with Gasteiger partial charge < -0.3 is 14.8 Å². The molecule has 0 bridgehead atoms. The number of hydrogen-bond acceptors (Lipinski definition) is 6. The fraction of sp³-hybridized carbons (Fsp3) is 0.0952. The molecule has 0 atom stereocenters. The lowest BCUT2D eigenvalue weighted by Gasteiger charge is -2.13. The molecule has 2 heterocycles. The normalized spacial score (nSPS) is 10.8. The number of benzene rings is 2. The number of anilines is 1. The van der Waals surface area contributed by atoms with E-state index in [1.54, 1.807) is 29.8 Å². The van der Waals surface area contributed by atoms with Crippen molar-refractivity contribution in [2.24, 2.45) is 0 Å². The van der Waals surface area contributed by atoms with Crippen molar-refractivity contribution in [3.63, 3.8) is 0 Å². The standard InChI is InChI=1S/C21H15ClFN3O4S/c22-13-5-6-18(29-11-14-10-20(28)26-7-8-31-21(26)24-14)16(9-13)25-19(27)12-30-17-4-2-1-3-15(17)23/h1-10H,11-12H2,(H,25,27). The highest BCUT2D eigenvalue weighted by molar-refractivity contribution is 7.15. The van der Waals surface area contributed by atoms with E-state index in [-0.39, 0.29) is 17.9 Å². The van der Waals surface area contributed by atoms with E-state index in [1.165, 1.54) is 46.1 Å². The summed E-state index contributed by atoms with van der Waals surface area (Å²) in [6, 6.07) is 11.9. The molecular weight excluding hydrogens is 445 g/mol. The molecule has 0 unspecified atom stereocenters. The van der Waals surface area contributed by atoms with E-state index in [1.807, 2.05) is 0 Å². The van der Waals surface area contributed by atoms with Gasteiger partial charge in [0.05, 0.1) is 11.4 Å². The van der Waals surface area contributed by atoms with Crippen molar-refractivity contribution < 1.29 is 18.7 Å². The van der Waals surface area contributed by atoms with Gasteiger partial charge in [0.2, 0.25) is 0 Å². The number of aromatic nitrogens is 2. The highest BCUT2D eigenvalue weighted by Gasteiger charge is 2.12. The number of nitrogens with one attached hydrogen (secondary N) is 1. The molecule has 1 N–H and O–H groups in total. The average molecular weight is 460 g/mol. The Morgan fingerprint density at radius 1 is 1.16 bits per heavy atom. The number of amides is 1. The number of para-hydroxylation sites is 1. The summed E-state index contributed by atoms with van der Waals surface area (Å²) in [6.45, 7) is -0.389. The minimum Gasteiger partial charge on any atom is -0.485 e. The Morgan fingerprint density at radius 2 is 2.00 bits per heavy atom. The van der Waals surface area contributed by atoms with Gasteiger partial charge in [-0.15, -0.1) is 11.3 Å². The van der Waals surface area contributed by atoms with Gasteiger partial charge in [0, 0.05) is 22.7 Å². The summed E-state index contributed by atoms with van der Waals surface area (Å²) in [5.41, 5.74) is 0.547. The molecule has 0 radical (unpaired) electrons. The second-order valence-electron chi connectivity index (χ2n) is 6.34. The van der Waals surface area contributed by atoms with E-state index in [0.717, 1.165) is 0 Å². The molecule has 0 saturated heterocycles. The lowest BCUT2D eigenvalue weighted by molar-refractivity contribution is -0.118. The van der Waals surface area contributed by atoms with Gasteiger partial charge in [-0.25, -0.2) is 9.37 Å². The second kappa shape index (κ2) is 9.15. The quantitative estimate of drug-likeness (QED) is 0.449. The zero-order valence-electron chi connectivity index (χ0n) is 15.9.